The van der Waals surface area contributed by atoms with Gasteiger partial charge in [-0.25, -0.2) is 0 Å². The first kappa shape index (κ1) is 13.7. The van der Waals surface area contributed by atoms with Gasteiger partial charge < -0.3 is 4.90 Å². The van der Waals surface area contributed by atoms with Crippen LogP contribution in [0.15, 0.2) is 12.1 Å². The topological polar surface area (TPSA) is 6.48 Å². The fraction of sp³-hybridized carbons (Fsp3) is 0.600. The normalized spacial score (nSPS) is 25.6. The van der Waals surface area contributed by atoms with Crippen LogP contribution >= 0.6 is 11.6 Å². The van der Waals surface area contributed by atoms with Crippen molar-refractivity contribution in [2.75, 3.05) is 25.0 Å². The monoisotopic (exact) mass is 266 g/mol. The van der Waals surface area contributed by atoms with Gasteiger partial charge in [0.05, 0.1) is 10.7 Å². The Hall–Kier alpha value is -0.730. The lowest BCUT2D eigenvalue weighted by Gasteiger charge is -2.44. The fourth-order valence-electron chi connectivity index (χ4n) is 2.90. The van der Waals surface area contributed by atoms with Crippen LogP contribution in [0.5, 0.6) is 0 Å². The molecule has 1 aliphatic rings. The van der Waals surface area contributed by atoms with E-state index in [0.717, 1.165) is 18.1 Å². The summed E-state index contributed by atoms with van der Waals surface area (Å²) in [7, 11) is 2.20. The molecule has 1 aromatic carbocycles. The lowest BCUT2D eigenvalue weighted by atomic mass is 10.0. The Labute approximate surface area is 116 Å². The van der Waals surface area contributed by atoms with Gasteiger partial charge in [-0.05, 0) is 51.9 Å². The number of hydrogen-bond acceptors (Lipinski definition) is 2. The van der Waals surface area contributed by atoms with Gasteiger partial charge in [-0.3, -0.25) is 4.90 Å². The Balaban J connectivity index is 2.32. The quantitative estimate of drug-likeness (QED) is 0.768. The third-order valence-corrected chi connectivity index (χ3v) is 4.36. The van der Waals surface area contributed by atoms with Crippen molar-refractivity contribution in [3.05, 3.63) is 28.3 Å². The van der Waals surface area contributed by atoms with Gasteiger partial charge in [-0.1, -0.05) is 17.7 Å². The van der Waals surface area contributed by atoms with E-state index in [1.807, 2.05) is 0 Å². The van der Waals surface area contributed by atoms with Crippen LogP contribution in [0.4, 0.5) is 5.69 Å². The summed E-state index contributed by atoms with van der Waals surface area (Å²) in [6.07, 6.45) is 0. The number of likely N-dealkylation sites (N-methyl/N-ethyl adjacent to an activating group) is 1. The SMILES string of the molecule is Cc1cc(C)c(N2CC(C)N(C)C(C)C2)c(Cl)c1. The van der Waals surface area contributed by atoms with Gasteiger partial charge >= 0.3 is 0 Å². The van der Waals surface area contributed by atoms with E-state index in [4.69, 9.17) is 11.6 Å². The predicted molar refractivity (Wildman–Crippen MR) is 79.8 cm³/mol. The molecule has 3 heteroatoms. The van der Waals surface area contributed by atoms with Crippen LogP contribution in [0.25, 0.3) is 0 Å². The van der Waals surface area contributed by atoms with E-state index >= 15 is 0 Å². The largest absolute Gasteiger partial charge is 0.367 e. The molecule has 1 fully saturated rings. The molecule has 0 aliphatic carbocycles. The molecule has 2 nitrogen and oxygen atoms in total. The molecule has 1 saturated heterocycles. The van der Waals surface area contributed by atoms with E-state index < -0.39 is 0 Å². The van der Waals surface area contributed by atoms with Crippen LogP contribution in [0, 0.1) is 13.8 Å². The van der Waals surface area contributed by atoms with Gasteiger partial charge in [-0.15, -0.1) is 0 Å². The molecule has 1 aliphatic heterocycles. The Bertz CT molecular complexity index is 409. The van der Waals surface area contributed by atoms with E-state index in [0.29, 0.717) is 12.1 Å². The second kappa shape index (κ2) is 5.10. The first-order chi connectivity index (χ1) is 8.40. The summed E-state index contributed by atoms with van der Waals surface area (Å²) in [5.74, 6) is 0. The summed E-state index contributed by atoms with van der Waals surface area (Å²) in [6.45, 7) is 10.9. The Morgan fingerprint density at radius 1 is 1.11 bits per heavy atom. The van der Waals surface area contributed by atoms with E-state index in [2.05, 4.69) is 56.7 Å². The number of halogens is 1. The van der Waals surface area contributed by atoms with E-state index in [1.165, 1.54) is 16.8 Å². The zero-order valence-electron chi connectivity index (χ0n) is 12.0. The van der Waals surface area contributed by atoms with Gasteiger partial charge in [0, 0.05) is 25.2 Å². The maximum absolute atomic E-state index is 6.44. The number of hydrogen-bond donors (Lipinski definition) is 0. The minimum absolute atomic E-state index is 0.561. The van der Waals surface area contributed by atoms with Crippen molar-refractivity contribution >= 4 is 17.3 Å². The molecule has 2 atom stereocenters. The molecular formula is C15H23ClN2. The number of rotatable bonds is 1. The van der Waals surface area contributed by atoms with Crippen molar-refractivity contribution in [1.82, 2.24) is 4.90 Å². The smallest absolute Gasteiger partial charge is 0.0644 e. The summed E-state index contributed by atoms with van der Waals surface area (Å²) < 4.78 is 0. The van der Waals surface area contributed by atoms with Gasteiger partial charge in [0.2, 0.25) is 0 Å². The predicted octanol–water partition coefficient (Wildman–Crippen LogP) is 3.49. The zero-order valence-corrected chi connectivity index (χ0v) is 12.8. The third-order valence-electron chi connectivity index (χ3n) is 4.07. The molecule has 0 N–H and O–H groups in total. The minimum Gasteiger partial charge on any atom is -0.367 e. The van der Waals surface area contributed by atoms with Gasteiger partial charge in [0.1, 0.15) is 0 Å². The maximum Gasteiger partial charge on any atom is 0.0644 e. The molecule has 2 unspecified atom stereocenters. The third kappa shape index (κ3) is 2.50. The highest BCUT2D eigenvalue weighted by Crippen LogP contribution is 2.33. The molecule has 0 saturated carbocycles. The highest BCUT2D eigenvalue weighted by Gasteiger charge is 2.28. The molecule has 0 aromatic heterocycles. The van der Waals surface area contributed by atoms with Gasteiger partial charge in [0.25, 0.3) is 0 Å². The first-order valence-electron chi connectivity index (χ1n) is 6.63. The Kier molecular flexibility index (Phi) is 3.88. The average Bonchev–Trinajstić information content (AvgIpc) is 2.24. The van der Waals surface area contributed by atoms with Crippen LogP contribution in [-0.2, 0) is 0 Å². The molecular weight excluding hydrogens is 244 g/mol. The Morgan fingerprint density at radius 3 is 2.17 bits per heavy atom. The van der Waals surface area contributed by atoms with Crippen LogP contribution in [0.3, 0.4) is 0 Å². The van der Waals surface area contributed by atoms with Gasteiger partial charge in [-0.2, -0.15) is 0 Å². The molecule has 0 radical (unpaired) electrons. The van der Waals surface area contributed by atoms with Crippen molar-refractivity contribution in [2.24, 2.45) is 0 Å². The lowest BCUT2D eigenvalue weighted by Crippen LogP contribution is -2.55. The first-order valence-corrected chi connectivity index (χ1v) is 7.01. The second-order valence-electron chi connectivity index (χ2n) is 5.68. The molecule has 0 amide bonds. The summed E-state index contributed by atoms with van der Waals surface area (Å²) in [5, 5.41) is 0.886. The molecule has 0 bridgehead atoms. The summed E-state index contributed by atoms with van der Waals surface area (Å²) in [5.41, 5.74) is 3.73. The minimum atomic E-state index is 0.561. The summed E-state index contributed by atoms with van der Waals surface area (Å²) >= 11 is 6.44. The van der Waals surface area contributed by atoms with E-state index in [-0.39, 0.29) is 0 Å². The number of anilines is 1. The van der Waals surface area contributed by atoms with Gasteiger partial charge in [0.15, 0.2) is 0 Å². The molecule has 2 rings (SSSR count). The molecule has 18 heavy (non-hydrogen) atoms. The van der Waals surface area contributed by atoms with Crippen LogP contribution in [0.2, 0.25) is 5.02 Å². The molecule has 100 valence electrons. The van der Waals surface area contributed by atoms with Crippen LogP contribution < -0.4 is 4.90 Å². The second-order valence-corrected chi connectivity index (χ2v) is 6.09. The Morgan fingerprint density at radius 2 is 1.67 bits per heavy atom. The lowest BCUT2D eigenvalue weighted by molar-refractivity contribution is 0.170. The van der Waals surface area contributed by atoms with E-state index in [1.54, 1.807) is 0 Å². The summed E-state index contributed by atoms with van der Waals surface area (Å²) in [6, 6.07) is 5.41. The van der Waals surface area contributed by atoms with Crippen molar-refractivity contribution in [2.45, 2.75) is 39.8 Å². The van der Waals surface area contributed by atoms with Crippen molar-refractivity contribution in [3.8, 4) is 0 Å². The number of nitrogens with zero attached hydrogens (tertiary/aromatic N) is 2. The average molecular weight is 267 g/mol. The number of aryl methyl sites for hydroxylation is 2. The highest BCUT2D eigenvalue weighted by atomic mass is 35.5. The highest BCUT2D eigenvalue weighted by molar-refractivity contribution is 6.33. The molecule has 0 spiro atoms. The summed E-state index contributed by atoms with van der Waals surface area (Å²) in [4.78, 5) is 4.88. The van der Waals surface area contributed by atoms with Crippen molar-refractivity contribution in [1.29, 1.82) is 0 Å². The van der Waals surface area contributed by atoms with Crippen molar-refractivity contribution < 1.29 is 0 Å². The molecule has 1 heterocycles. The van der Waals surface area contributed by atoms with Crippen molar-refractivity contribution in [3.63, 3.8) is 0 Å². The standard InChI is InChI=1S/C15H23ClN2/c1-10-6-11(2)15(14(16)7-10)18-8-12(3)17(5)13(4)9-18/h6-7,12-13H,8-9H2,1-5H3. The fourth-order valence-corrected chi connectivity index (χ4v) is 3.34. The van der Waals surface area contributed by atoms with Crippen LogP contribution in [-0.4, -0.2) is 37.1 Å². The number of benzene rings is 1. The maximum atomic E-state index is 6.44. The van der Waals surface area contributed by atoms with E-state index in [9.17, 15) is 0 Å². The molecule has 1 aromatic rings. The number of piperazine rings is 1. The zero-order chi connectivity index (χ0) is 13.4. The van der Waals surface area contributed by atoms with Crippen LogP contribution in [0.1, 0.15) is 25.0 Å².